The second kappa shape index (κ2) is 14.6. The van der Waals surface area contributed by atoms with E-state index in [9.17, 15) is 0 Å². The van der Waals surface area contributed by atoms with E-state index in [1.165, 1.54) is 0 Å². The van der Waals surface area contributed by atoms with Gasteiger partial charge < -0.3 is 20.5 Å². The van der Waals surface area contributed by atoms with Crippen molar-refractivity contribution in [1.82, 2.24) is 10.6 Å². The molecule has 1 rings (SSSR count). The fourth-order valence-corrected chi connectivity index (χ4v) is 2.62. The first-order valence-corrected chi connectivity index (χ1v) is 9.61. The Hall–Kier alpha value is -1.75. The molecule has 1 aromatic carbocycles. The molecule has 0 bridgehead atoms. The number of hydrogen-bond donors (Lipinski definition) is 3. The van der Waals surface area contributed by atoms with Crippen molar-refractivity contribution in [3.05, 3.63) is 30.3 Å². The second-order valence-corrected chi connectivity index (χ2v) is 6.18. The maximum absolute atomic E-state index is 9.15. The number of para-hydroxylation sites is 1. The second-order valence-electron chi connectivity index (χ2n) is 6.18. The molecule has 0 saturated heterocycles. The van der Waals surface area contributed by atoms with Crippen LogP contribution < -0.4 is 15.4 Å². The standard InChI is InChI=1S/C20H35N3O2/c1-3-10-18(13-15-24)17-23-20(21-4-2)22-14-8-9-16-25-19-11-6-5-7-12-19/h5-7,11-12,18,24H,3-4,8-10,13-17H2,1-2H3,(H2,21,22,23). The van der Waals surface area contributed by atoms with Crippen molar-refractivity contribution in [2.75, 3.05) is 32.8 Å². The predicted molar refractivity (Wildman–Crippen MR) is 105 cm³/mol. The zero-order valence-electron chi connectivity index (χ0n) is 15.8. The number of nitrogens with zero attached hydrogens (tertiary/aromatic N) is 1. The first kappa shape index (κ1) is 21.3. The molecule has 0 aromatic heterocycles. The van der Waals surface area contributed by atoms with E-state index in [0.29, 0.717) is 5.92 Å². The van der Waals surface area contributed by atoms with Gasteiger partial charge in [0.15, 0.2) is 5.96 Å². The Balaban J connectivity index is 2.23. The number of nitrogens with one attached hydrogen (secondary N) is 2. The lowest BCUT2D eigenvalue weighted by Crippen LogP contribution is -2.38. The van der Waals surface area contributed by atoms with Gasteiger partial charge in [-0.1, -0.05) is 31.5 Å². The number of benzene rings is 1. The lowest BCUT2D eigenvalue weighted by molar-refractivity contribution is 0.253. The van der Waals surface area contributed by atoms with Crippen LogP contribution in [0.5, 0.6) is 5.75 Å². The molecule has 1 atom stereocenters. The highest BCUT2D eigenvalue weighted by Gasteiger charge is 2.07. The number of unbranched alkanes of at least 4 members (excludes halogenated alkanes) is 1. The molecule has 25 heavy (non-hydrogen) atoms. The number of guanidine groups is 1. The fourth-order valence-electron chi connectivity index (χ4n) is 2.62. The Labute approximate surface area is 152 Å². The first-order chi connectivity index (χ1) is 12.3. The minimum absolute atomic E-state index is 0.242. The molecule has 1 unspecified atom stereocenters. The van der Waals surface area contributed by atoms with Crippen molar-refractivity contribution in [3.8, 4) is 5.75 Å². The third-order valence-electron chi connectivity index (χ3n) is 3.96. The monoisotopic (exact) mass is 349 g/mol. The van der Waals surface area contributed by atoms with Gasteiger partial charge in [0.2, 0.25) is 0 Å². The SMILES string of the molecule is CCCC(CCO)CN=C(NCC)NCCCCOc1ccccc1. The fraction of sp³-hybridized carbons (Fsp3) is 0.650. The average molecular weight is 350 g/mol. The highest BCUT2D eigenvalue weighted by Crippen LogP contribution is 2.11. The Kier molecular flexibility index (Phi) is 12.4. The van der Waals surface area contributed by atoms with Crippen LogP contribution >= 0.6 is 0 Å². The highest BCUT2D eigenvalue weighted by atomic mass is 16.5. The minimum atomic E-state index is 0.242. The van der Waals surface area contributed by atoms with Crippen LogP contribution in [0.3, 0.4) is 0 Å². The zero-order chi connectivity index (χ0) is 18.2. The maximum atomic E-state index is 9.15. The van der Waals surface area contributed by atoms with Crippen molar-refractivity contribution >= 4 is 5.96 Å². The molecule has 0 amide bonds. The van der Waals surface area contributed by atoms with Crippen LogP contribution in [0, 0.1) is 5.92 Å². The molecule has 0 spiro atoms. The molecule has 0 aliphatic carbocycles. The number of hydrogen-bond acceptors (Lipinski definition) is 3. The Morgan fingerprint density at radius 3 is 2.60 bits per heavy atom. The zero-order valence-corrected chi connectivity index (χ0v) is 15.8. The minimum Gasteiger partial charge on any atom is -0.494 e. The van der Waals surface area contributed by atoms with Gasteiger partial charge in [0.25, 0.3) is 0 Å². The van der Waals surface area contributed by atoms with Crippen molar-refractivity contribution in [3.63, 3.8) is 0 Å². The summed E-state index contributed by atoms with van der Waals surface area (Å²) in [4.78, 5) is 4.67. The van der Waals surface area contributed by atoms with Gasteiger partial charge in [-0.3, -0.25) is 4.99 Å². The summed E-state index contributed by atoms with van der Waals surface area (Å²) in [6.45, 7) is 7.71. The van der Waals surface area contributed by atoms with Crippen LogP contribution in [0.4, 0.5) is 0 Å². The molecule has 3 N–H and O–H groups in total. The van der Waals surface area contributed by atoms with Gasteiger partial charge in [-0.25, -0.2) is 0 Å². The third kappa shape index (κ3) is 10.7. The van der Waals surface area contributed by atoms with Gasteiger partial charge in [-0.15, -0.1) is 0 Å². The number of aliphatic imine (C=N–C) groups is 1. The van der Waals surface area contributed by atoms with E-state index in [4.69, 9.17) is 9.84 Å². The quantitative estimate of drug-likeness (QED) is 0.291. The van der Waals surface area contributed by atoms with Gasteiger partial charge in [-0.05, 0) is 50.7 Å². The molecular weight excluding hydrogens is 314 g/mol. The van der Waals surface area contributed by atoms with Gasteiger partial charge >= 0.3 is 0 Å². The Bertz CT molecular complexity index is 446. The molecule has 5 heteroatoms. The summed E-state index contributed by atoms with van der Waals surface area (Å²) >= 11 is 0. The number of ether oxygens (including phenoxy) is 1. The summed E-state index contributed by atoms with van der Waals surface area (Å²) in [7, 11) is 0. The van der Waals surface area contributed by atoms with E-state index >= 15 is 0 Å². The topological polar surface area (TPSA) is 65.9 Å². The van der Waals surface area contributed by atoms with Crippen molar-refractivity contribution in [1.29, 1.82) is 0 Å². The van der Waals surface area contributed by atoms with Crippen molar-refractivity contribution in [2.45, 2.75) is 46.0 Å². The van der Waals surface area contributed by atoms with Crippen LogP contribution in [0.25, 0.3) is 0 Å². The van der Waals surface area contributed by atoms with Crippen LogP contribution in [-0.4, -0.2) is 43.9 Å². The summed E-state index contributed by atoms with van der Waals surface area (Å²) in [6.07, 6.45) is 5.11. The summed E-state index contributed by atoms with van der Waals surface area (Å²) in [6, 6.07) is 9.92. The van der Waals surface area contributed by atoms with E-state index in [2.05, 4.69) is 29.5 Å². The summed E-state index contributed by atoms with van der Waals surface area (Å²) in [5.74, 6) is 2.26. The Morgan fingerprint density at radius 2 is 1.92 bits per heavy atom. The smallest absolute Gasteiger partial charge is 0.191 e. The van der Waals surface area contributed by atoms with E-state index in [0.717, 1.165) is 70.1 Å². The molecule has 142 valence electrons. The van der Waals surface area contributed by atoms with Gasteiger partial charge in [0, 0.05) is 26.2 Å². The van der Waals surface area contributed by atoms with Crippen molar-refractivity contribution < 1.29 is 9.84 Å². The van der Waals surface area contributed by atoms with Crippen LogP contribution in [0.2, 0.25) is 0 Å². The predicted octanol–water partition coefficient (Wildman–Crippen LogP) is 3.20. The van der Waals surface area contributed by atoms with E-state index in [1.54, 1.807) is 0 Å². The van der Waals surface area contributed by atoms with E-state index < -0.39 is 0 Å². The lowest BCUT2D eigenvalue weighted by atomic mass is 10.0. The number of aliphatic hydroxyl groups is 1. The average Bonchev–Trinajstić information content (AvgIpc) is 2.63. The summed E-state index contributed by atoms with van der Waals surface area (Å²) in [5, 5.41) is 15.8. The largest absolute Gasteiger partial charge is 0.494 e. The van der Waals surface area contributed by atoms with Crippen molar-refractivity contribution in [2.24, 2.45) is 10.9 Å². The molecule has 0 heterocycles. The molecule has 0 aliphatic rings. The summed E-state index contributed by atoms with van der Waals surface area (Å²) in [5.41, 5.74) is 0. The van der Waals surface area contributed by atoms with E-state index in [-0.39, 0.29) is 6.61 Å². The molecular formula is C20H35N3O2. The first-order valence-electron chi connectivity index (χ1n) is 9.61. The third-order valence-corrected chi connectivity index (χ3v) is 3.96. The molecule has 0 fully saturated rings. The number of rotatable bonds is 13. The number of aliphatic hydroxyl groups excluding tert-OH is 1. The molecule has 5 nitrogen and oxygen atoms in total. The van der Waals surface area contributed by atoms with Crippen LogP contribution in [0.15, 0.2) is 35.3 Å². The van der Waals surface area contributed by atoms with Gasteiger partial charge in [0.05, 0.1) is 6.61 Å². The van der Waals surface area contributed by atoms with E-state index in [1.807, 2.05) is 30.3 Å². The molecule has 0 aliphatic heterocycles. The van der Waals surface area contributed by atoms with Crippen LogP contribution in [-0.2, 0) is 0 Å². The highest BCUT2D eigenvalue weighted by molar-refractivity contribution is 5.79. The van der Waals surface area contributed by atoms with Crippen LogP contribution in [0.1, 0.15) is 46.0 Å². The Morgan fingerprint density at radius 1 is 1.12 bits per heavy atom. The molecule has 0 radical (unpaired) electrons. The maximum Gasteiger partial charge on any atom is 0.191 e. The van der Waals surface area contributed by atoms with Gasteiger partial charge in [-0.2, -0.15) is 0 Å². The molecule has 0 saturated carbocycles. The summed E-state index contributed by atoms with van der Waals surface area (Å²) < 4.78 is 5.70. The lowest BCUT2D eigenvalue weighted by Gasteiger charge is -2.15. The molecule has 1 aromatic rings. The normalized spacial score (nSPS) is 12.7. The van der Waals surface area contributed by atoms with Gasteiger partial charge in [0.1, 0.15) is 5.75 Å².